The number of benzene rings is 3. The van der Waals surface area contributed by atoms with Crippen LogP contribution in [-0.4, -0.2) is 19.6 Å². The van der Waals surface area contributed by atoms with Gasteiger partial charge >= 0.3 is 0 Å². The zero-order valence-corrected chi connectivity index (χ0v) is 16.7. The van der Waals surface area contributed by atoms with Gasteiger partial charge in [-0.25, -0.2) is 0 Å². The first kappa shape index (κ1) is 20.3. The number of para-hydroxylation sites is 1. The molecule has 29 heavy (non-hydrogen) atoms. The first-order valence-corrected chi connectivity index (χ1v) is 9.64. The van der Waals surface area contributed by atoms with Gasteiger partial charge in [-0.05, 0) is 61.0 Å². The Morgan fingerprint density at radius 2 is 1.62 bits per heavy atom. The van der Waals surface area contributed by atoms with E-state index in [2.05, 4.69) is 12.2 Å². The Hall–Kier alpha value is -3.47. The van der Waals surface area contributed by atoms with Gasteiger partial charge in [0, 0.05) is 11.3 Å². The number of anilines is 1. The van der Waals surface area contributed by atoms with Gasteiger partial charge in [0.25, 0.3) is 5.91 Å². The predicted molar refractivity (Wildman–Crippen MR) is 114 cm³/mol. The summed E-state index contributed by atoms with van der Waals surface area (Å²) in [7, 11) is 1.56. The molecule has 0 aromatic heterocycles. The van der Waals surface area contributed by atoms with Crippen molar-refractivity contribution < 1.29 is 19.0 Å². The number of hydrogen-bond donors (Lipinski definition) is 1. The number of rotatable bonds is 9. The molecule has 0 radical (unpaired) electrons. The van der Waals surface area contributed by atoms with Crippen LogP contribution in [0.3, 0.4) is 0 Å². The van der Waals surface area contributed by atoms with Crippen molar-refractivity contribution in [2.75, 3.05) is 19.0 Å². The van der Waals surface area contributed by atoms with Crippen molar-refractivity contribution in [3.8, 4) is 23.0 Å². The number of ether oxygens (including phenoxy) is 3. The zero-order chi connectivity index (χ0) is 20.5. The Kier molecular flexibility index (Phi) is 7.11. The van der Waals surface area contributed by atoms with E-state index in [0.29, 0.717) is 35.1 Å². The second-order valence-corrected chi connectivity index (χ2v) is 6.46. The zero-order valence-electron chi connectivity index (χ0n) is 16.7. The van der Waals surface area contributed by atoms with Gasteiger partial charge in [0.1, 0.15) is 11.5 Å². The van der Waals surface area contributed by atoms with Crippen molar-refractivity contribution in [3.05, 3.63) is 78.4 Å². The Bertz CT molecular complexity index is 923. The lowest BCUT2D eigenvalue weighted by Crippen LogP contribution is -2.12. The minimum absolute atomic E-state index is 0.222. The Labute approximate surface area is 171 Å². The van der Waals surface area contributed by atoms with E-state index in [1.807, 2.05) is 42.5 Å². The van der Waals surface area contributed by atoms with Gasteiger partial charge in [0.2, 0.25) is 0 Å². The van der Waals surface area contributed by atoms with Crippen molar-refractivity contribution in [1.29, 1.82) is 0 Å². The first-order chi connectivity index (χ1) is 14.2. The van der Waals surface area contributed by atoms with Crippen LogP contribution in [0.25, 0.3) is 0 Å². The Morgan fingerprint density at radius 3 is 2.31 bits per heavy atom. The summed E-state index contributed by atoms with van der Waals surface area (Å²) in [6.07, 6.45) is 2.02. The fourth-order valence-corrected chi connectivity index (χ4v) is 2.69. The molecule has 0 heterocycles. The van der Waals surface area contributed by atoms with Crippen LogP contribution in [0.2, 0.25) is 0 Å². The van der Waals surface area contributed by atoms with Gasteiger partial charge < -0.3 is 19.5 Å². The summed E-state index contributed by atoms with van der Waals surface area (Å²) in [4.78, 5) is 12.6. The quantitative estimate of drug-likeness (QED) is 0.460. The lowest BCUT2D eigenvalue weighted by Gasteiger charge is -2.12. The molecule has 150 valence electrons. The van der Waals surface area contributed by atoms with Crippen LogP contribution < -0.4 is 19.5 Å². The van der Waals surface area contributed by atoms with Crippen molar-refractivity contribution in [1.82, 2.24) is 0 Å². The van der Waals surface area contributed by atoms with Crippen molar-refractivity contribution >= 4 is 11.6 Å². The number of unbranched alkanes of at least 4 members (excludes halogenated alkanes) is 1. The molecular formula is C24H25NO4. The van der Waals surface area contributed by atoms with Gasteiger partial charge in [-0.2, -0.15) is 0 Å². The lowest BCUT2D eigenvalue weighted by atomic mass is 10.1. The molecule has 5 nitrogen and oxygen atoms in total. The largest absolute Gasteiger partial charge is 0.493 e. The average Bonchev–Trinajstić information content (AvgIpc) is 2.76. The second kappa shape index (κ2) is 10.2. The number of nitrogens with one attached hydrogen (secondary N) is 1. The topological polar surface area (TPSA) is 56.8 Å². The monoisotopic (exact) mass is 391 g/mol. The van der Waals surface area contributed by atoms with E-state index in [0.717, 1.165) is 18.6 Å². The molecular weight excluding hydrogens is 366 g/mol. The third-order valence-electron chi connectivity index (χ3n) is 4.27. The SMILES string of the molecule is CCCCOc1ccc(C(=O)Nc2ccc(Oc3ccccc3)cc2)cc1OC. The number of hydrogen-bond acceptors (Lipinski definition) is 4. The highest BCUT2D eigenvalue weighted by Gasteiger charge is 2.12. The molecule has 1 amide bonds. The third kappa shape index (κ3) is 5.75. The minimum Gasteiger partial charge on any atom is -0.493 e. The van der Waals surface area contributed by atoms with Crippen LogP contribution in [0.4, 0.5) is 5.69 Å². The van der Waals surface area contributed by atoms with Gasteiger partial charge in [-0.1, -0.05) is 31.5 Å². The summed E-state index contributed by atoms with van der Waals surface area (Å²) in [6.45, 7) is 2.73. The molecule has 0 unspecified atom stereocenters. The number of carbonyl (C=O) groups excluding carboxylic acids is 1. The van der Waals surface area contributed by atoms with E-state index in [9.17, 15) is 4.79 Å². The highest BCUT2D eigenvalue weighted by molar-refractivity contribution is 6.04. The smallest absolute Gasteiger partial charge is 0.255 e. The second-order valence-electron chi connectivity index (χ2n) is 6.46. The fourth-order valence-electron chi connectivity index (χ4n) is 2.69. The molecule has 3 aromatic carbocycles. The molecule has 5 heteroatoms. The first-order valence-electron chi connectivity index (χ1n) is 9.64. The van der Waals surface area contributed by atoms with Crippen LogP contribution in [0.1, 0.15) is 30.1 Å². The van der Waals surface area contributed by atoms with E-state index in [1.165, 1.54) is 0 Å². The standard InChI is InChI=1S/C24H25NO4/c1-3-4-16-28-22-15-10-18(17-23(22)27-2)24(26)25-19-11-13-21(14-12-19)29-20-8-6-5-7-9-20/h5-15,17H,3-4,16H2,1-2H3,(H,25,26). The average molecular weight is 391 g/mol. The van der Waals surface area contributed by atoms with Gasteiger partial charge in [0.05, 0.1) is 13.7 Å². The maximum atomic E-state index is 12.6. The molecule has 0 aliphatic rings. The number of amides is 1. The van der Waals surface area contributed by atoms with E-state index >= 15 is 0 Å². The molecule has 1 N–H and O–H groups in total. The summed E-state index contributed by atoms with van der Waals surface area (Å²) < 4.78 is 16.8. The molecule has 3 aromatic rings. The molecule has 0 spiro atoms. The maximum Gasteiger partial charge on any atom is 0.255 e. The third-order valence-corrected chi connectivity index (χ3v) is 4.27. The highest BCUT2D eigenvalue weighted by atomic mass is 16.5. The van der Waals surface area contributed by atoms with Crippen LogP contribution in [0.15, 0.2) is 72.8 Å². The maximum absolute atomic E-state index is 12.6. The molecule has 0 aliphatic carbocycles. The van der Waals surface area contributed by atoms with Crippen LogP contribution in [0.5, 0.6) is 23.0 Å². The van der Waals surface area contributed by atoms with E-state index in [1.54, 1.807) is 37.4 Å². The van der Waals surface area contributed by atoms with E-state index in [-0.39, 0.29) is 5.91 Å². The molecule has 0 aliphatic heterocycles. The van der Waals surface area contributed by atoms with Gasteiger partial charge in [0.15, 0.2) is 11.5 Å². The fraction of sp³-hybridized carbons (Fsp3) is 0.208. The number of methoxy groups -OCH3 is 1. The Morgan fingerprint density at radius 1 is 0.897 bits per heavy atom. The molecule has 0 fully saturated rings. The van der Waals surface area contributed by atoms with Crippen molar-refractivity contribution in [2.24, 2.45) is 0 Å². The van der Waals surface area contributed by atoms with Crippen LogP contribution in [0, 0.1) is 0 Å². The normalized spacial score (nSPS) is 10.3. The molecule has 0 saturated heterocycles. The summed E-state index contributed by atoms with van der Waals surface area (Å²) >= 11 is 0. The highest BCUT2D eigenvalue weighted by Crippen LogP contribution is 2.29. The lowest BCUT2D eigenvalue weighted by molar-refractivity contribution is 0.102. The molecule has 0 bridgehead atoms. The van der Waals surface area contributed by atoms with Crippen molar-refractivity contribution in [3.63, 3.8) is 0 Å². The summed E-state index contributed by atoms with van der Waals surface area (Å²) in [5.41, 5.74) is 1.17. The molecule has 0 saturated carbocycles. The summed E-state index contributed by atoms with van der Waals surface area (Å²) in [5.74, 6) is 2.42. The van der Waals surface area contributed by atoms with E-state index < -0.39 is 0 Å². The van der Waals surface area contributed by atoms with Gasteiger partial charge in [-0.15, -0.1) is 0 Å². The molecule has 3 rings (SSSR count). The van der Waals surface area contributed by atoms with E-state index in [4.69, 9.17) is 14.2 Å². The van der Waals surface area contributed by atoms with Crippen molar-refractivity contribution in [2.45, 2.75) is 19.8 Å². The minimum atomic E-state index is -0.222. The predicted octanol–water partition coefficient (Wildman–Crippen LogP) is 5.92. The summed E-state index contributed by atoms with van der Waals surface area (Å²) in [5, 5.41) is 2.88. The van der Waals surface area contributed by atoms with Crippen LogP contribution in [-0.2, 0) is 0 Å². The van der Waals surface area contributed by atoms with Crippen LogP contribution >= 0.6 is 0 Å². The van der Waals surface area contributed by atoms with Gasteiger partial charge in [-0.3, -0.25) is 4.79 Å². The number of carbonyl (C=O) groups is 1. The molecule has 0 atom stereocenters. The Balaban J connectivity index is 1.63. The summed E-state index contributed by atoms with van der Waals surface area (Å²) in [6, 6.07) is 21.9.